The lowest BCUT2D eigenvalue weighted by molar-refractivity contribution is -0.621. The predicted octanol–water partition coefficient (Wildman–Crippen LogP) is 2.46. The number of hydrogen-bond acceptors (Lipinski definition) is 12. The number of hydrazine groups is 1. The first-order valence-corrected chi connectivity index (χ1v) is 18.0. The lowest BCUT2D eigenvalue weighted by Gasteiger charge is -2.25. The molecule has 1 fully saturated rings. The fraction of sp³-hybridized carbons (Fsp3) is 0.556. The molecule has 4 N–H and O–H groups in total. The predicted molar refractivity (Wildman–Crippen MR) is 197 cm³/mol. The van der Waals surface area contributed by atoms with E-state index < -0.39 is 12.2 Å². The van der Waals surface area contributed by atoms with Gasteiger partial charge in [-0.2, -0.15) is 0 Å². The average Bonchev–Trinajstić information content (AvgIpc) is 3.34. The largest absolute Gasteiger partial charge is 0.491 e. The summed E-state index contributed by atoms with van der Waals surface area (Å²) in [5.41, 5.74) is 11.3. The van der Waals surface area contributed by atoms with Gasteiger partial charge in [0.25, 0.3) is 0 Å². The molecular weight excluding hydrogens is 696 g/mol. The lowest BCUT2D eigenvalue weighted by Crippen LogP contribution is -2.47. The summed E-state index contributed by atoms with van der Waals surface area (Å²) in [6.45, 7) is 14.6. The van der Waals surface area contributed by atoms with Gasteiger partial charge >= 0.3 is 6.17 Å². The number of likely N-dealkylation sites (N-methyl/N-ethyl adjacent to an activating group) is 1. The average molecular weight is 748 g/mol. The van der Waals surface area contributed by atoms with Gasteiger partial charge < -0.3 is 44.2 Å². The SMILES string of the molecule is C=C(C(=O)NCC)C1N=C(c2ccc(Cl)cc2)c2cc(OCCOCCOCCOCCOCCOCCOCCN)ccc2N2C(C)N[N+](=O)C12. The van der Waals surface area contributed by atoms with Crippen molar-refractivity contribution in [2.75, 3.05) is 104 Å². The molecule has 1 saturated heterocycles. The number of fused-ring (bicyclic) bond motifs is 3. The minimum atomic E-state index is -0.881. The molecule has 52 heavy (non-hydrogen) atoms. The van der Waals surface area contributed by atoms with Crippen molar-refractivity contribution < 1.29 is 42.8 Å². The number of nitrogens with two attached hydrogens (primary N) is 1. The Morgan fingerprint density at radius 1 is 0.885 bits per heavy atom. The minimum Gasteiger partial charge on any atom is -0.491 e. The Morgan fingerprint density at radius 3 is 1.96 bits per heavy atom. The molecule has 0 bridgehead atoms. The highest BCUT2D eigenvalue weighted by Crippen LogP contribution is 2.38. The molecule has 0 radical (unpaired) electrons. The van der Waals surface area contributed by atoms with E-state index in [9.17, 15) is 9.70 Å². The minimum absolute atomic E-state index is 0.182. The van der Waals surface area contributed by atoms with E-state index in [0.29, 0.717) is 115 Å². The summed E-state index contributed by atoms with van der Waals surface area (Å²) in [7, 11) is 0. The fourth-order valence-electron chi connectivity index (χ4n) is 5.60. The van der Waals surface area contributed by atoms with Crippen LogP contribution in [0, 0.1) is 4.91 Å². The molecule has 0 aromatic heterocycles. The van der Waals surface area contributed by atoms with E-state index in [0.717, 1.165) is 21.7 Å². The molecule has 2 aliphatic rings. The van der Waals surface area contributed by atoms with Crippen LogP contribution in [-0.4, -0.2) is 134 Å². The summed E-state index contributed by atoms with van der Waals surface area (Å²) >= 11 is 6.22. The highest BCUT2D eigenvalue weighted by molar-refractivity contribution is 6.30. The first-order valence-electron chi connectivity index (χ1n) is 17.6. The van der Waals surface area contributed by atoms with Gasteiger partial charge in [-0.1, -0.05) is 30.3 Å². The Kier molecular flexibility index (Phi) is 17.7. The molecule has 0 spiro atoms. The number of amides is 1. The number of carbonyl (C=O) groups is 1. The van der Waals surface area contributed by atoms with Crippen molar-refractivity contribution in [2.45, 2.75) is 32.2 Å². The molecule has 15 nitrogen and oxygen atoms in total. The van der Waals surface area contributed by atoms with Gasteiger partial charge in [0.05, 0.1) is 95.6 Å². The van der Waals surface area contributed by atoms with E-state index in [4.69, 9.17) is 55.5 Å². The van der Waals surface area contributed by atoms with Crippen LogP contribution in [-0.2, 0) is 33.2 Å². The number of aliphatic imine (C=N–C) groups is 1. The van der Waals surface area contributed by atoms with Crippen molar-refractivity contribution in [3.05, 3.63) is 75.7 Å². The number of carbonyl (C=O) groups excluding carboxylic acids is 1. The van der Waals surface area contributed by atoms with Crippen LogP contribution in [0.3, 0.4) is 0 Å². The second kappa shape index (κ2) is 22.4. The summed E-state index contributed by atoms with van der Waals surface area (Å²) in [5.74, 6) is 0.229. The quantitative estimate of drug-likeness (QED) is 0.0773. The zero-order valence-electron chi connectivity index (χ0n) is 30.1. The van der Waals surface area contributed by atoms with Gasteiger partial charge in [-0.15, -0.1) is 5.43 Å². The van der Waals surface area contributed by atoms with E-state index in [1.165, 1.54) is 0 Å². The smallest absolute Gasteiger partial charge is 0.337 e. The summed E-state index contributed by atoms with van der Waals surface area (Å²) < 4.78 is 38.9. The van der Waals surface area contributed by atoms with Crippen molar-refractivity contribution in [1.82, 2.24) is 10.7 Å². The van der Waals surface area contributed by atoms with Crippen LogP contribution in [0.5, 0.6) is 5.75 Å². The number of benzene rings is 2. The maximum absolute atomic E-state index is 13.3. The summed E-state index contributed by atoms with van der Waals surface area (Å²) in [4.78, 5) is 34.0. The zero-order chi connectivity index (χ0) is 37.1. The number of anilines is 1. The fourth-order valence-corrected chi connectivity index (χ4v) is 5.72. The second-order valence-electron chi connectivity index (χ2n) is 11.8. The number of ether oxygens (including phenoxy) is 7. The molecule has 286 valence electrons. The number of hydrogen-bond donors (Lipinski definition) is 3. The highest BCUT2D eigenvalue weighted by Gasteiger charge is 2.54. The van der Waals surface area contributed by atoms with Crippen molar-refractivity contribution in [3.8, 4) is 5.75 Å². The van der Waals surface area contributed by atoms with Crippen molar-refractivity contribution in [1.29, 1.82) is 0 Å². The Hall–Kier alpha value is -3.67. The van der Waals surface area contributed by atoms with Gasteiger partial charge in [-0.25, -0.2) is 0 Å². The second-order valence-corrected chi connectivity index (χ2v) is 12.2. The Morgan fingerprint density at radius 2 is 1.42 bits per heavy atom. The molecule has 3 unspecified atom stereocenters. The van der Waals surface area contributed by atoms with Crippen LogP contribution in [0.4, 0.5) is 5.69 Å². The van der Waals surface area contributed by atoms with Crippen molar-refractivity contribution >= 4 is 28.9 Å². The van der Waals surface area contributed by atoms with Crippen LogP contribution in [0.15, 0.2) is 59.6 Å². The molecule has 0 aliphatic carbocycles. The third-order valence-electron chi connectivity index (χ3n) is 8.03. The van der Waals surface area contributed by atoms with Crippen LogP contribution < -0.4 is 26.1 Å². The number of halogens is 1. The summed E-state index contributed by atoms with van der Waals surface area (Å²) in [6, 6.07) is 12.0. The van der Waals surface area contributed by atoms with Crippen LogP contribution in [0.25, 0.3) is 0 Å². The molecule has 2 heterocycles. The Labute approximate surface area is 310 Å². The number of nitroso groups, excluding NO2 is 1. The monoisotopic (exact) mass is 747 g/mol. The summed E-state index contributed by atoms with van der Waals surface area (Å²) in [6.07, 6.45) is -1.24. The first-order chi connectivity index (χ1) is 25.3. The van der Waals surface area contributed by atoms with Crippen LogP contribution >= 0.6 is 11.6 Å². The van der Waals surface area contributed by atoms with Crippen LogP contribution in [0.1, 0.15) is 25.0 Å². The third kappa shape index (κ3) is 12.2. The standard InChI is InChI=1S/C36H51ClN6O9/c1-4-39-35(44)26(2)33-36-42(27(3)41-43(36)45)32-10-9-30(25-31(32)34(40-33)28-5-7-29(37)8-6-28)52-24-23-51-22-21-50-20-19-49-18-17-48-16-15-47-14-13-46-12-11-38/h5-10,25,27,33,36H,2,4,11-24,38H2,1,3H3,(H-,39,41,44,45)/p+1. The number of nitrogens with one attached hydrogen (secondary N) is 2. The van der Waals surface area contributed by atoms with E-state index in [-0.39, 0.29) is 17.6 Å². The topological polar surface area (TPSA) is 167 Å². The number of rotatable bonds is 25. The molecule has 0 saturated carbocycles. The molecule has 1 amide bonds. The normalized spacial score (nSPS) is 17.9. The molecule has 2 aromatic rings. The maximum atomic E-state index is 13.3. The van der Waals surface area contributed by atoms with Gasteiger partial charge in [-0.3, -0.25) is 14.7 Å². The molecule has 4 rings (SSSR count). The van der Waals surface area contributed by atoms with Crippen LogP contribution in [0.2, 0.25) is 5.02 Å². The molecule has 2 aromatic carbocycles. The van der Waals surface area contributed by atoms with Gasteiger partial charge in [0.1, 0.15) is 17.2 Å². The summed E-state index contributed by atoms with van der Waals surface area (Å²) in [5, 5.41) is 3.36. The molecule has 3 atom stereocenters. The van der Waals surface area contributed by atoms with E-state index in [2.05, 4.69) is 17.3 Å². The molecule has 2 aliphatic heterocycles. The van der Waals surface area contributed by atoms with E-state index >= 15 is 0 Å². The maximum Gasteiger partial charge on any atom is 0.337 e. The molecule has 16 heteroatoms. The van der Waals surface area contributed by atoms with E-state index in [1.807, 2.05) is 49.1 Å². The van der Waals surface area contributed by atoms with Gasteiger partial charge in [-0.05, 0) is 44.2 Å². The Bertz CT molecular complexity index is 1460. The first kappa shape index (κ1) is 41.1. The van der Waals surface area contributed by atoms with Gasteiger partial charge in [0.15, 0.2) is 12.2 Å². The van der Waals surface area contributed by atoms with Crippen molar-refractivity contribution in [3.63, 3.8) is 0 Å². The lowest BCUT2D eigenvalue weighted by atomic mass is 9.99. The van der Waals surface area contributed by atoms with E-state index in [1.54, 1.807) is 12.1 Å². The number of nitrogens with zero attached hydrogens (tertiary/aromatic N) is 3. The third-order valence-corrected chi connectivity index (χ3v) is 8.28. The molecular formula is C36H52ClN6O9+. The van der Waals surface area contributed by atoms with Crippen molar-refractivity contribution in [2.24, 2.45) is 10.7 Å². The zero-order valence-corrected chi connectivity index (χ0v) is 30.8. The highest BCUT2D eigenvalue weighted by atomic mass is 35.5. The van der Waals surface area contributed by atoms with Gasteiger partial charge in [0, 0.05) is 34.8 Å². The Balaban J connectivity index is 1.24. The van der Waals surface area contributed by atoms with Gasteiger partial charge in [0.2, 0.25) is 5.91 Å².